The molecule has 0 aromatic carbocycles. The van der Waals surface area contributed by atoms with Crippen LogP contribution in [0, 0.1) is 12.3 Å². The van der Waals surface area contributed by atoms with E-state index < -0.39 is 23.3 Å². The number of hydrogen-bond donors (Lipinski definition) is 1. The molecule has 0 bridgehead atoms. The van der Waals surface area contributed by atoms with E-state index in [0.717, 1.165) is 6.07 Å². The summed E-state index contributed by atoms with van der Waals surface area (Å²) in [5.41, 5.74) is -2.54. The average Bonchev–Trinajstić information content (AvgIpc) is 3.28. The molecule has 0 saturated heterocycles. The van der Waals surface area contributed by atoms with Gasteiger partial charge in [-0.15, -0.1) is 6.42 Å². The Bertz CT molecular complexity index is 1080. The normalized spacial score (nSPS) is 13.9. The van der Waals surface area contributed by atoms with Crippen LogP contribution in [0.4, 0.5) is 13.2 Å². The maximum Gasteiger partial charge on any atom is 0.433 e. The van der Waals surface area contributed by atoms with Crippen molar-refractivity contribution in [3.05, 3.63) is 40.3 Å². The number of terminal acetylenes is 1. The molecular weight excluding hydrogens is 441 g/mol. The lowest BCUT2D eigenvalue weighted by molar-refractivity contribution is -0.142. The Balaban J connectivity index is 2.19. The van der Waals surface area contributed by atoms with Gasteiger partial charge in [-0.2, -0.15) is 18.3 Å². The van der Waals surface area contributed by atoms with Crippen molar-refractivity contribution in [1.82, 2.24) is 19.9 Å². The van der Waals surface area contributed by atoms with Crippen molar-refractivity contribution in [2.75, 3.05) is 0 Å². The van der Waals surface area contributed by atoms with Crippen molar-refractivity contribution in [3.8, 4) is 23.8 Å². The van der Waals surface area contributed by atoms with Crippen LogP contribution in [-0.2, 0) is 6.18 Å². The molecule has 3 aromatic rings. The highest BCUT2D eigenvalue weighted by Crippen LogP contribution is 2.34. The largest absolute Gasteiger partial charge is 0.463 e. The van der Waals surface area contributed by atoms with Gasteiger partial charge in [-0.25, -0.2) is 9.50 Å². The van der Waals surface area contributed by atoms with E-state index in [1.807, 2.05) is 0 Å². The molecule has 1 atom stereocenters. The average molecular weight is 455 g/mol. The third-order valence-corrected chi connectivity index (χ3v) is 4.96. The maximum atomic E-state index is 13.6. The molecule has 146 valence electrons. The minimum absolute atomic E-state index is 0.0133. The van der Waals surface area contributed by atoms with E-state index in [1.165, 1.54) is 18.4 Å². The smallest absolute Gasteiger partial charge is 0.433 e. The standard InChI is InChI=1S/C18H14BrF3N4O2/c1-4-17(3,5-2)24-16(27)14-13(19)15-23-10(11-7-6-8-28-11)9-12(18(20,21)22)26(15)25-14/h1,6-9H,5H2,2-3H3,(H,24,27)/t17-/m1/s1. The molecule has 10 heteroatoms. The van der Waals surface area contributed by atoms with E-state index in [4.69, 9.17) is 10.8 Å². The molecule has 0 aliphatic heterocycles. The van der Waals surface area contributed by atoms with Crippen LogP contribution < -0.4 is 5.32 Å². The van der Waals surface area contributed by atoms with Crippen molar-refractivity contribution in [2.45, 2.75) is 32.0 Å². The molecule has 1 N–H and O–H groups in total. The van der Waals surface area contributed by atoms with Crippen LogP contribution in [0.25, 0.3) is 17.1 Å². The summed E-state index contributed by atoms with van der Waals surface area (Å²) in [6, 6.07) is 3.82. The predicted octanol–water partition coefficient (Wildman–Crippen LogP) is 4.30. The van der Waals surface area contributed by atoms with E-state index in [0.29, 0.717) is 10.9 Å². The molecular formula is C18H14BrF3N4O2. The van der Waals surface area contributed by atoms with Crippen LogP contribution in [0.15, 0.2) is 33.4 Å². The van der Waals surface area contributed by atoms with Gasteiger partial charge in [0.25, 0.3) is 5.91 Å². The second kappa shape index (κ2) is 6.98. The van der Waals surface area contributed by atoms with Crippen molar-refractivity contribution in [1.29, 1.82) is 0 Å². The highest BCUT2D eigenvalue weighted by atomic mass is 79.9. The number of alkyl halides is 3. The van der Waals surface area contributed by atoms with Gasteiger partial charge >= 0.3 is 6.18 Å². The lowest BCUT2D eigenvalue weighted by Crippen LogP contribution is -2.44. The van der Waals surface area contributed by atoms with Crippen LogP contribution in [0.1, 0.15) is 36.5 Å². The molecule has 0 radical (unpaired) electrons. The van der Waals surface area contributed by atoms with E-state index in [2.05, 4.69) is 37.2 Å². The summed E-state index contributed by atoms with van der Waals surface area (Å²) >= 11 is 3.15. The van der Waals surface area contributed by atoms with Crippen LogP contribution in [-0.4, -0.2) is 26.0 Å². The van der Waals surface area contributed by atoms with Gasteiger partial charge in [0, 0.05) is 0 Å². The summed E-state index contributed by atoms with van der Waals surface area (Å²) in [5.74, 6) is 1.89. The number of fused-ring (bicyclic) bond motifs is 1. The number of amides is 1. The Morgan fingerprint density at radius 3 is 2.71 bits per heavy atom. The third-order valence-electron chi connectivity index (χ3n) is 4.23. The van der Waals surface area contributed by atoms with Gasteiger partial charge in [-0.1, -0.05) is 12.8 Å². The number of nitrogens with one attached hydrogen (secondary N) is 1. The zero-order valence-corrected chi connectivity index (χ0v) is 16.3. The summed E-state index contributed by atoms with van der Waals surface area (Å²) < 4.78 is 46.5. The molecule has 0 saturated carbocycles. The fourth-order valence-corrected chi connectivity index (χ4v) is 2.94. The molecule has 3 aromatic heterocycles. The Labute approximate surface area is 166 Å². The fraction of sp³-hybridized carbons (Fsp3) is 0.278. The molecule has 0 unspecified atom stereocenters. The zero-order valence-electron chi connectivity index (χ0n) is 14.8. The number of halogens is 4. The quantitative estimate of drug-likeness (QED) is 0.596. The van der Waals surface area contributed by atoms with Gasteiger partial charge in [0.15, 0.2) is 22.8 Å². The number of furan rings is 1. The van der Waals surface area contributed by atoms with Crippen LogP contribution in [0.2, 0.25) is 0 Å². The summed E-state index contributed by atoms with van der Waals surface area (Å²) in [7, 11) is 0. The SMILES string of the molecule is C#C[C@](C)(CC)NC(=O)c1nn2c(C(F)(F)F)cc(-c3ccco3)nc2c1Br. The van der Waals surface area contributed by atoms with Crippen molar-refractivity contribution >= 4 is 27.5 Å². The minimum Gasteiger partial charge on any atom is -0.463 e. The fourth-order valence-electron chi connectivity index (χ4n) is 2.43. The van der Waals surface area contributed by atoms with Crippen LogP contribution in [0.5, 0.6) is 0 Å². The van der Waals surface area contributed by atoms with Crippen LogP contribution in [0.3, 0.4) is 0 Å². The first-order chi connectivity index (χ1) is 13.1. The van der Waals surface area contributed by atoms with Gasteiger partial charge in [0.2, 0.25) is 0 Å². The number of hydrogen-bond acceptors (Lipinski definition) is 4. The van der Waals surface area contributed by atoms with Gasteiger partial charge in [0.1, 0.15) is 5.69 Å². The predicted molar refractivity (Wildman–Crippen MR) is 98.4 cm³/mol. The Kier molecular flexibility index (Phi) is 4.97. The summed E-state index contributed by atoms with van der Waals surface area (Å²) in [4.78, 5) is 16.8. The van der Waals surface area contributed by atoms with E-state index in [1.54, 1.807) is 13.8 Å². The van der Waals surface area contributed by atoms with Gasteiger partial charge in [-0.3, -0.25) is 4.79 Å². The van der Waals surface area contributed by atoms with E-state index in [-0.39, 0.29) is 27.3 Å². The van der Waals surface area contributed by atoms with Crippen molar-refractivity contribution < 1.29 is 22.4 Å². The summed E-state index contributed by atoms with van der Waals surface area (Å²) in [6.45, 7) is 3.40. The first kappa shape index (κ1) is 19.9. The molecule has 0 fully saturated rings. The third kappa shape index (κ3) is 3.49. The van der Waals surface area contributed by atoms with E-state index >= 15 is 0 Å². The molecule has 3 rings (SSSR count). The summed E-state index contributed by atoms with van der Waals surface area (Å²) in [6.07, 6.45) is 2.45. The van der Waals surface area contributed by atoms with Gasteiger partial charge in [0.05, 0.1) is 16.3 Å². The first-order valence-corrected chi connectivity index (χ1v) is 8.89. The second-order valence-corrected chi connectivity index (χ2v) is 6.98. The van der Waals surface area contributed by atoms with Crippen LogP contribution >= 0.6 is 15.9 Å². The Morgan fingerprint density at radius 2 is 2.18 bits per heavy atom. The number of carbonyl (C=O) groups is 1. The number of nitrogens with zero attached hydrogens (tertiary/aromatic N) is 3. The maximum absolute atomic E-state index is 13.6. The number of carbonyl (C=O) groups excluding carboxylic acids is 1. The lowest BCUT2D eigenvalue weighted by atomic mass is 10.0. The minimum atomic E-state index is -4.74. The second-order valence-electron chi connectivity index (χ2n) is 6.18. The topological polar surface area (TPSA) is 72.4 Å². The summed E-state index contributed by atoms with van der Waals surface area (Å²) in [5, 5.41) is 6.43. The lowest BCUT2D eigenvalue weighted by Gasteiger charge is -2.22. The molecule has 3 heterocycles. The molecule has 0 aliphatic rings. The molecule has 6 nitrogen and oxygen atoms in total. The van der Waals surface area contributed by atoms with Crippen molar-refractivity contribution in [2.24, 2.45) is 0 Å². The molecule has 1 amide bonds. The monoisotopic (exact) mass is 454 g/mol. The number of rotatable bonds is 4. The first-order valence-electron chi connectivity index (χ1n) is 8.10. The molecule has 0 aliphatic carbocycles. The highest BCUT2D eigenvalue weighted by molar-refractivity contribution is 9.10. The van der Waals surface area contributed by atoms with Gasteiger partial charge < -0.3 is 9.73 Å². The Hall–Kier alpha value is -2.80. The van der Waals surface area contributed by atoms with Crippen molar-refractivity contribution in [3.63, 3.8) is 0 Å². The van der Waals surface area contributed by atoms with Gasteiger partial charge in [-0.05, 0) is 47.5 Å². The highest BCUT2D eigenvalue weighted by Gasteiger charge is 2.37. The number of aromatic nitrogens is 3. The Morgan fingerprint density at radius 1 is 1.46 bits per heavy atom. The zero-order chi connectivity index (χ0) is 20.7. The molecule has 0 spiro atoms. The molecule has 28 heavy (non-hydrogen) atoms. The van der Waals surface area contributed by atoms with E-state index in [9.17, 15) is 18.0 Å².